The van der Waals surface area contributed by atoms with E-state index in [1.54, 1.807) is 6.07 Å². The van der Waals surface area contributed by atoms with E-state index >= 15 is 0 Å². The molecule has 0 fully saturated rings. The molecule has 19 heavy (non-hydrogen) atoms. The van der Waals surface area contributed by atoms with E-state index < -0.39 is 11.7 Å². The Bertz CT molecular complexity index is 621. The van der Waals surface area contributed by atoms with Crippen molar-refractivity contribution in [3.8, 4) is 0 Å². The standard InChI is InChI=1S/C13H9ClF3NS/c14-12-4-3-11(19-12)10-6-7-5-8(13(15,16)17)1-2-9(7)18-10/h1-5,10,18H,6H2. The van der Waals surface area contributed by atoms with Gasteiger partial charge in [-0.3, -0.25) is 0 Å². The second-order valence-corrected chi connectivity index (χ2v) is 6.16. The number of rotatable bonds is 1. The van der Waals surface area contributed by atoms with Crippen LogP contribution in [0.2, 0.25) is 4.34 Å². The lowest BCUT2D eigenvalue weighted by Gasteiger charge is -2.08. The van der Waals surface area contributed by atoms with Crippen molar-refractivity contribution in [2.45, 2.75) is 18.6 Å². The van der Waals surface area contributed by atoms with Crippen LogP contribution in [0.15, 0.2) is 30.3 Å². The van der Waals surface area contributed by atoms with Gasteiger partial charge >= 0.3 is 6.18 Å². The molecular formula is C13H9ClF3NS. The molecule has 0 amide bonds. The predicted octanol–water partition coefficient (Wildman–Crippen LogP) is 5.13. The molecule has 0 saturated carbocycles. The molecule has 2 heterocycles. The number of alkyl halides is 3. The van der Waals surface area contributed by atoms with Gasteiger partial charge in [0.2, 0.25) is 0 Å². The summed E-state index contributed by atoms with van der Waals surface area (Å²) in [7, 11) is 0. The molecule has 0 saturated heterocycles. The first-order chi connectivity index (χ1) is 8.93. The molecule has 1 atom stereocenters. The molecule has 2 aromatic rings. The number of hydrogen-bond acceptors (Lipinski definition) is 2. The fourth-order valence-electron chi connectivity index (χ4n) is 2.23. The summed E-state index contributed by atoms with van der Waals surface area (Å²) in [5.74, 6) is 0. The monoisotopic (exact) mass is 303 g/mol. The summed E-state index contributed by atoms with van der Waals surface area (Å²) >= 11 is 7.32. The number of halogens is 4. The number of nitrogens with one attached hydrogen (secondary N) is 1. The minimum Gasteiger partial charge on any atom is -0.377 e. The Morgan fingerprint density at radius 3 is 2.63 bits per heavy atom. The second kappa shape index (κ2) is 4.42. The molecule has 1 unspecified atom stereocenters. The maximum absolute atomic E-state index is 12.6. The van der Waals surface area contributed by atoms with Gasteiger partial charge in [0.05, 0.1) is 15.9 Å². The molecule has 1 aromatic heterocycles. The SMILES string of the molecule is FC(F)(F)c1ccc2c(c1)CC(c1ccc(Cl)s1)N2. The molecule has 0 bridgehead atoms. The van der Waals surface area contributed by atoms with Crippen LogP contribution in [-0.2, 0) is 12.6 Å². The molecule has 1 aliphatic heterocycles. The number of fused-ring (bicyclic) bond motifs is 1. The number of hydrogen-bond donors (Lipinski definition) is 1. The van der Waals surface area contributed by atoms with Crippen molar-refractivity contribution in [2.24, 2.45) is 0 Å². The van der Waals surface area contributed by atoms with Gasteiger partial charge in [0.1, 0.15) is 0 Å². The van der Waals surface area contributed by atoms with Gasteiger partial charge in [-0.2, -0.15) is 13.2 Å². The summed E-state index contributed by atoms with van der Waals surface area (Å²) < 4.78 is 38.6. The summed E-state index contributed by atoms with van der Waals surface area (Å²) in [6.45, 7) is 0. The molecule has 100 valence electrons. The van der Waals surface area contributed by atoms with Gasteiger partial charge in [-0.1, -0.05) is 11.6 Å². The summed E-state index contributed by atoms with van der Waals surface area (Å²) in [4.78, 5) is 1.04. The second-order valence-electron chi connectivity index (χ2n) is 4.41. The van der Waals surface area contributed by atoms with E-state index in [1.165, 1.54) is 23.5 Å². The Labute approximate surface area is 117 Å². The van der Waals surface area contributed by atoms with E-state index in [4.69, 9.17) is 11.6 Å². The molecule has 6 heteroatoms. The first-order valence-corrected chi connectivity index (χ1v) is 6.85. The highest BCUT2D eigenvalue weighted by Gasteiger charge is 2.32. The van der Waals surface area contributed by atoms with Gasteiger partial charge in [0.25, 0.3) is 0 Å². The molecule has 0 radical (unpaired) electrons. The Hall–Kier alpha value is -1.20. The fourth-order valence-corrected chi connectivity index (χ4v) is 3.34. The minimum absolute atomic E-state index is 0.0102. The van der Waals surface area contributed by atoms with E-state index in [9.17, 15) is 13.2 Å². The molecule has 1 aliphatic rings. The van der Waals surface area contributed by atoms with Crippen LogP contribution in [0.3, 0.4) is 0 Å². The first-order valence-electron chi connectivity index (χ1n) is 5.65. The van der Waals surface area contributed by atoms with Gasteiger partial charge in [-0.05, 0) is 42.3 Å². The van der Waals surface area contributed by atoms with Crippen molar-refractivity contribution in [3.05, 3.63) is 50.7 Å². The van der Waals surface area contributed by atoms with E-state index in [1.807, 2.05) is 6.07 Å². The lowest BCUT2D eigenvalue weighted by Crippen LogP contribution is -2.04. The van der Waals surface area contributed by atoms with Crippen LogP contribution in [0.1, 0.15) is 22.0 Å². The van der Waals surface area contributed by atoms with Crippen LogP contribution in [-0.4, -0.2) is 0 Å². The molecule has 3 rings (SSSR count). The number of thiophene rings is 1. The quantitative estimate of drug-likeness (QED) is 0.770. The van der Waals surface area contributed by atoms with Crippen molar-refractivity contribution in [1.82, 2.24) is 0 Å². The van der Waals surface area contributed by atoms with Crippen LogP contribution >= 0.6 is 22.9 Å². The van der Waals surface area contributed by atoms with Crippen LogP contribution in [0.5, 0.6) is 0 Å². The van der Waals surface area contributed by atoms with Crippen molar-refractivity contribution in [3.63, 3.8) is 0 Å². The van der Waals surface area contributed by atoms with Gasteiger partial charge < -0.3 is 5.32 Å². The first kappa shape index (κ1) is 12.8. The molecule has 1 N–H and O–H groups in total. The Morgan fingerprint density at radius 2 is 2.00 bits per heavy atom. The largest absolute Gasteiger partial charge is 0.416 e. The number of benzene rings is 1. The van der Waals surface area contributed by atoms with Crippen LogP contribution < -0.4 is 5.32 Å². The molecule has 1 aromatic carbocycles. The summed E-state index contributed by atoms with van der Waals surface area (Å²) in [6.07, 6.45) is -3.74. The van der Waals surface area contributed by atoms with Gasteiger partial charge in [-0.15, -0.1) is 11.3 Å². The highest BCUT2D eigenvalue weighted by Crippen LogP contribution is 2.40. The van der Waals surface area contributed by atoms with E-state index in [0.29, 0.717) is 16.3 Å². The Morgan fingerprint density at radius 1 is 1.21 bits per heavy atom. The van der Waals surface area contributed by atoms with Crippen LogP contribution in [0, 0.1) is 0 Å². The highest BCUT2D eigenvalue weighted by atomic mass is 35.5. The van der Waals surface area contributed by atoms with Crippen molar-refractivity contribution < 1.29 is 13.2 Å². The van der Waals surface area contributed by atoms with Crippen molar-refractivity contribution in [2.75, 3.05) is 5.32 Å². The molecule has 0 aliphatic carbocycles. The zero-order valence-electron chi connectivity index (χ0n) is 9.59. The topological polar surface area (TPSA) is 12.0 Å². The van der Waals surface area contributed by atoms with Crippen molar-refractivity contribution in [1.29, 1.82) is 0 Å². The Balaban J connectivity index is 1.88. The van der Waals surface area contributed by atoms with Crippen molar-refractivity contribution >= 4 is 28.6 Å². The lowest BCUT2D eigenvalue weighted by molar-refractivity contribution is -0.137. The zero-order chi connectivity index (χ0) is 13.6. The smallest absolute Gasteiger partial charge is 0.377 e. The van der Waals surface area contributed by atoms with E-state index in [0.717, 1.165) is 16.6 Å². The third-order valence-corrected chi connectivity index (χ3v) is 4.47. The molecule has 0 spiro atoms. The van der Waals surface area contributed by atoms with Gasteiger partial charge in [0.15, 0.2) is 0 Å². The summed E-state index contributed by atoms with van der Waals surface area (Å²) in [5, 5.41) is 3.23. The Kier molecular flexibility index (Phi) is 2.98. The third-order valence-electron chi connectivity index (χ3n) is 3.12. The lowest BCUT2D eigenvalue weighted by atomic mass is 10.1. The van der Waals surface area contributed by atoms with E-state index in [2.05, 4.69) is 5.32 Å². The molecular weight excluding hydrogens is 295 g/mol. The normalized spacial score (nSPS) is 18.2. The maximum atomic E-state index is 12.6. The van der Waals surface area contributed by atoms with Gasteiger partial charge in [0, 0.05) is 10.6 Å². The average Bonchev–Trinajstić information content (AvgIpc) is 2.92. The predicted molar refractivity (Wildman–Crippen MR) is 70.8 cm³/mol. The van der Waals surface area contributed by atoms with Crippen LogP contribution in [0.4, 0.5) is 18.9 Å². The highest BCUT2D eigenvalue weighted by molar-refractivity contribution is 7.16. The average molecular weight is 304 g/mol. The molecule has 1 nitrogen and oxygen atoms in total. The minimum atomic E-state index is -4.29. The summed E-state index contributed by atoms with van der Waals surface area (Å²) in [6, 6.07) is 7.53. The summed E-state index contributed by atoms with van der Waals surface area (Å²) in [5.41, 5.74) is 0.866. The van der Waals surface area contributed by atoms with Gasteiger partial charge in [-0.25, -0.2) is 0 Å². The fraction of sp³-hybridized carbons (Fsp3) is 0.231. The third kappa shape index (κ3) is 2.44. The maximum Gasteiger partial charge on any atom is 0.416 e. The van der Waals surface area contributed by atoms with E-state index in [-0.39, 0.29) is 6.04 Å². The zero-order valence-corrected chi connectivity index (χ0v) is 11.2. The number of anilines is 1. The van der Waals surface area contributed by atoms with Crippen LogP contribution in [0.25, 0.3) is 0 Å².